The number of fused-ring (bicyclic) bond motifs is 1. The topological polar surface area (TPSA) is 48.0 Å². The number of aromatic nitrogens is 2. The summed E-state index contributed by atoms with van der Waals surface area (Å²) in [6.07, 6.45) is 6.50. The van der Waals surface area contributed by atoms with E-state index >= 15 is 0 Å². The van der Waals surface area contributed by atoms with Gasteiger partial charge in [0.25, 0.3) is 5.91 Å². The van der Waals surface area contributed by atoms with Gasteiger partial charge in [-0.15, -0.1) is 6.58 Å². The molecule has 3 rings (SSSR count). The fourth-order valence-electron chi connectivity index (χ4n) is 2.06. The maximum Gasteiger partial charge on any atom is 0.257 e. The molecule has 0 fully saturated rings. The van der Waals surface area contributed by atoms with Crippen LogP contribution in [0.5, 0.6) is 0 Å². The van der Waals surface area contributed by atoms with Crippen LogP contribution < -0.4 is 0 Å². The molecule has 0 spiro atoms. The van der Waals surface area contributed by atoms with Crippen LogP contribution in [0.15, 0.2) is 71.0 Å². The second-order valence-corrected chi connectivity index (χ2v) is 5.49. The number of hydrogen-bond donors (Lipinski definition) is 0. The summed E-state index contributed by atoms with van der Waals surface area (Å²) >= 11 is 1.48. The highest BCUT2D eigenvalue weighted by Crippen LogP contribution is 2.24. The molecule has 0 unspecified atom stereocenters. The predicted molar refractivity (Wildman–Crippen MR) is 89.0 cm³/mol. The molecule has 0 amide bonds. The van der Waals surface area contributed by atoms with Crippen molar-refractivity contribution >= 4 is 34.8 Å². The molecule has 0 aliphatic carbocycles. The van der Waals surface area contributed by atoms with Crippen molar-refractivity contribution in [3.63, 3.8) is 0 Å². The second-order valence-electron chi connectivity index (χ2n) is 4.51. The van der Waals surface area contributed by atoms with Gasteiger partial charge in [0.2, 0.25) is 0 Å². The van der Waals surface area contributed by atoms with Gasteiger partial charge in [0.1, 0.15) is 5.76 Å². The van der Waals surface area contributed by atoms with Crippen LogP contribution >= 0.6 is 11.8 Å². The van der Waals surface area contributed by atoms with Gasteiger partial charge in [0.15, 0.2) is 5.16 Å². The van der Waals surface area contributed by atoms with Crippen LogP contribution in [0.4, 0.5) is 0 Å². The average molecular weight is 310 g/mol. The molecule has 0 aliphatic rings. The standard InChI is InChI=1S/C17H14N2O2S/c1-2-12-22-17-18-14-7-3-4-8-15(14)19(17)16(20)10-9-13-6-5-11-21-13/h2-11H,1,12H2/b10-9-. The predicted octanol–water partition coefficient (Wildman–Crippen LogP) is 4.26. The molecule has 0 radical (unpaired) electrons. The summed E-state index contributed by atoms with van der Waals surface area (Å²) in [5, 5.41) is 0.662. The number of para-hydroxylation sites is 2. The first kappa shape index (κ1) is 14.4. The summed E-state index contributed by atoms with van der Waals surface area (Å²) < 4.78 is 6.82. The van der Waals surface area contributed by atoms with Crippen molar-refractivity contribution in [3.05, 3.63) is 67.2 Å². The van der Waals surface area contributed by atoms with Crippen molar-refractivity contribution < 1.29 is 9.21 Å². The van der Waals surface area contributed by atoms with Gasteiger partial charge in [-0.3, -0.25) is 9.36 Å². The molecular formula is C17H14N2O2S. The molecule has 2 aromatic heterocycles. The van der Waals surface area contributed by atoms with E-state index in [4.69, 9.17) is 4.42 Å². The van der Waals surface area contributed by atoms with Crippen LogP contribution in [0.2, 0.25) is 0 Å². The summed E-state index contributed by atoms with van der Waals surface area (Å²) in [6.45, 7) is 3.71. The lowest BCUT2D eigenvalue weighted by Crippen LogP contribution is -2.08. The molecule has 5 heteroatoms. The minimum Gasteiger partial charge on any atom is -0.465 e. The maximum absolute atomic E-state index is 12.6. The molecule has 22 heavy (non-hydrogen) atoms. The fourth-order valence-corrected chi connectivity index (χ4v) is 2.81. The van der Waals surface area contributed by atoms with Crippen molar-refractivity contribution in [2.45, 2.75) is 5.16 Å². The molecule has 110 valence electrons. The second kappa shape index (κ2) is 6.49. The Morgan fingerprint density at radius 2 is 2.18 bits per heavy atom. The highest BCUT2D eigenvalue weighted by atomic mass is 32.2. The lowest BCUT2D eigenvalue weighted by atomic mass is 10.3. The van der Waals surface area contributed by atoms with Gasteiger partial charge >= 0.3 is 0 Å². The van der Waals surface area contributed by atoms with Crippen molar-refractivity contribution in [1.29, 1.82) is 0 Å². The summed E-state index contributed by atoms with van der Waals surface area (Å²) in [4.78, 5) is 17.1. The fraction of sp³-hybridized carbons (Fsp3) is 0.0588. The monoisotopic (exact) mass is 310 g/mol. The number of allylic oxidation sites excluding steroid dienone is 1. The molecule has 1 aromatic carbocycles. The summed E-state index contributed by atoms with van der Waals surface area (Å²) in [5.74, 6) is 1.17. The Balaban J connectivity index is 1.99. The smallest absolute Gasteiger partial charge is 0.257 e. The Morgan fingerprint density at radius 3 is 2.95 bits per heavy atom. The lowest BCUT2D eigenvalue weighted by molar-refractivity contribution is 0.0965. The van der Waals surface area contributed by atoms with Gasteiger partial charge in [0.05, 0.1) is 17.3 Å². The minimum absolute atomic E-state index is 0.156. The molecule has 0 saturated heterocycles. The first-order chi connectivity index (χ1) is 10.8. The number of hydrogen-bond acceptors (Lipinski definition) is 4. The van der Waals surface area contributed by atoms with Crippen molar-refractivity contribution in [1.82, 2.24) is 9.55 Å². The summed E-state index contributed by atoms with van der Waals surface area (Å²) in [6, 6.07) is 11.2. The number of furan rings is 1. The number of carbonyl (C=O) groups is 1. The van der Waals surface area contributed by atoms with E-state index in [0.29, 0.717) is 16.7 Å². The van der Waals surface area contributed by atoms with Crippen LogP contribution in [0.3, 0.4) is 0 Å². The Kier molecular flexibility index (Phi) is 4.25. The zero-order valence-electron chi connectivity index (χ0n) is 11.8. The zero-order valence-corrected chi connectivity index (χ0v) is 12.6. The number of rotatable bonds is 5. The Hall–Kier alpha value is -2.53. The van der Waals surface area contributed by atoms with E-state index in [2.05, 4.69) is 11.6 Å². The van der Waals surface area contributed by atoms with Gasteiger partial charge in [-0.25, -0.2) is 4.98 Å². The van der Waals surface area contributed by atoms with Crippen molar-refractivity contribution in [2.24, 2.45) is 0 Å². The van der Waals surface area contributed by atoms with Gasteiger partial charge in [0, 0.05) is 11.8 Å². The third-order valence-corrected chi connectivity index (χ3v) is 3.95. The summed E-state index contributed by atoms with van der Waals surface area (Å²) in [7, 11) is 0. The van der Waals surface area contributed by atoms with E-state index in [1.54, 1.807) is 35.1 Å². The van der Waals surface area contributed by atoms with Crippen molar-refractivity contribution in [3.8, 4) is 0 Å². The molecular weight excluding hydrogens is 296 g/mol. The minimum atomic E-state index is -0.156. The molecule has 0 atom stereocenters. The van der Waals surface area contributed by atoms with Gasteiger partial charge in [-0.1, -0.05) is 30.0 Å². The van der Waals surface area contributed by atoms with E-state index < -0.39 is 0 Å². The third-order valence-electron chi connectivity index (χ3n) is 3.01. The lowest BCUT2D eigenvalue weighted by Gasteiger charge is -2.03. The largest absolute Gasteiger partial charge is 0.465 e. The molecule has 4 nitrogen and oxygen atoms in total. The number of imidazole rings is 1. The average Bonchev–Trinajstić information content (AvgIpc) is 3.17. The molecule has 2 heterocycles. The first-order valence-corrected chi connectivity index (χ1v) is 7.75. The van der Waals surface area contributed by atoms with E-state index in [9.17, 15) is 4.79 Å². The SMILES string of the molecule is C=CCSc1nc2ccccc2n1C(=O)/C=C\c1ccco1. The number of nitrogens with zero attached hydrogens (tertiary/aromatic N) is 2. The van der Waals surface area contributed by atoms with Gasteiger partial charge < -0.3 is 4.42 Å². The number of benzene rings is 1. The zero-order chi connectivity index (χ0) is 15.4. The van der Waals surface area contributed by atoms with Gasteiger partial charge in [-0.05, 0) is 30.3 Å². The van der Waals surface area contributed by atoms with Crippen LogP contribution in [0, 0.1) is 0 Å². The van der Waals surface area contributed by atoms with E-state index in [-0.39, 0.29) is 5.91 Å². The van der Waals surface area contributed by atoms with Crippen LogP contribution in [0.25, 0.3) is 17.1 Å². The Morgan fingerprint density at radius 1 is 1.32 bits per heavy atom. The van der Waals surface area contributed by atoms with Crippen LogP contribution in [0.1, 0.15) is 10.6 Å². The van der Waals surface area contributed by atoms with Crippen LogP contribution in [-0.2, 0) is 0 Å². The number of carbonyl (C=O) groups excluding carboxylic acids is 1. The molecule has 0 aliphatic heterocycles. The van der Waals surface area contributed by atoms with E-state index in [1.807, 2.05) is 24.3 Å². The summed E-state index contributed by atoms with van der Waals surface area (Å²) in [5.41, 5.74) is 1.59. The van der Waals surface area contributed by atoms with E-state index in [0.717, 1.165) is 11.0 Å². The van der Waals surface area contributed by atoms with E-state index in [1.165, 1.54) is 17.8 Å². The maximum atomic E-state index is 12.6. The van der Waals surface area contributed by atoms with Crippen LogP contribution in [-0.4, -0.2) is 21.2 Å². The third kappa shape index (κ3) is 2.89. The first-order valence-electron chi connectivity index (χ1n) is 6.76. The molecule has 0 bridgehead atoms. The van der Waals surface area contributed by atoms with Gasteiger partial charge in [-0.2, -0.15) is 0 Å². The Labute approximate surface area is 132 Å². The number of thioether (sulfide) groups is 1. The highest BCUT2D eigenvalue weighted by Gasteiger charge is 2.14. The molecule has 3 aromatic rings. The Bertz CT molecular complexity index is 832. The molecule has 0 N–H and O–H groups in total. The molecule has 0 saturated carbocycles. The highest BCUT2D eigenvalue weighted by molar-refractivity contribution is 7.99. The normalized spacial score (nSPS) is 11.3. The quantitative estimate of drug-likeness (QED) is 0.401. The van der Waals surface area contributed by atoms with Crippen molar-refractivity contribution in [2.75, 3.05) is 5.75 Å².